The maximum Gasteiger partial charge on any atom is 0.242 e. The van der Waals surface area contributed by atoms with Crippen molar-refractivity contribution >= 4 is 5.91 Å². The van der Waals surface area contributed by atoms with E-state index in [1.807, 2.05) is 18.7 Å². The van der Waals surface area contributed by atoms with E-state index in [2.05, 4.69) is 39.9 Å². The van der Waals surface area contributed by atoms with Crippen molar-refractivity contribution in [2.75, 3.05) is 6.54 Å². The van der Waals surface area contributed by atoms with Gasteiger partial charge in [0.15, 0.2) is 0 Å². The molecule has 1 rings (SSSR count). The number of carbonyl (C=O) groups excluding carboxylic acids is 1. The number of hydrogen-bond acceptors (Lipinski definition) is 2. The molecule has 3 nitrogen and oxygen atoms in total. The summed E-state index contributed by atoms with van der Waals surface area (Å²) in [7, 11) is 0. The molecule has 1 aliphatic rings. The summed E-state index contributed by atoms with van der Waals surface area (Å²) in [5.74, 6) is 0.189. The quantitative estimate of drug-likeness (QED) is 0.664. The van der Waals surface area contributed by atoms with Gasteiger partial charge in [-0.05, 0) is 48.5 Å². The Morgan fingerprint density at radius 2 is 1.67 bits per heavy atom. The van der Waals surface area contributed by atoms with Crippen LogP contribution in [0.15, 0.2) is 0 Å². The molecule has 0 aromatic carbocycles. The van der Waals surface area contributed by atoms with Crippen molar-refractivity contribution in [2.45, 2.75) is 65.1 Å². The smallest absolute Gasteiger partial charge is 0.242 e. The molecule has 1 heterocycles. The van der Waals surface area contributed by atoms with Gasteiger partial charge in [0, 0.05) is 17.6 Å². The first-order chi connectivity index (χ1) is 6.46. The zero-order chi connectivity index (χ0) is 12.1. The lowest BCUT2D eigenvalue weighted by molar-refractivity contribution is -0.149. The molecule has 15 heavy (non-hydrogen) atoms. The average Bonchev–Trinajstić information content (AvgIpc) is 1.92. The third-order valence-electron chi connectivity index (χ3n) is 2.79. The fourth-order valence-electron chi connectivity index (χ4n) is 2.29. The summed E-state index contributed by atoms with van der Waals surface area (Å²) in [5, 5.41) is 3.39. The Bertz CT molecular complexity index is 274. The molecule has 1 saturated heterocycles. The Labute approximate surface area is 93.2 Å². The van der Waals surface area contributed by atoms with E-state index in [9.17, 15) is 4.79 Å². The van der Waals surface area contributed by atoms with Crippen molar-refractivity contribution in [1.29, 1.82) is 0 Å². The third-order valence-corrected chi connectivity index (χ3v) is 2.79. The van der Waals surface area contributed by atoms with Crippen molar-refractivity contribution in [1.82, 2.24) is 10.2 Å². The van der Waals surface area contributed by atoms with Crippen LogP contribution < -0.4 is 5.32 Å². The number of nitrogens with one attached hydrogen (secondary N) is 1. The standard InChI is InChI=1S/C12H24N2O/c1-10(2,3)14-8-11(4,5)13-12(6,7)9(14)15/h13H,8H2,1-7H3. The molecule has 1 fully saturated rings. The van der Waals surface area contributed by atoms with Gasteiger partial charge in [0.2, 0.25) is 5.91 Å². The number of hydrogen-bond donors (Lipinski definition) is 1. The van der Waals surface area contributed by atoms with E-state index >= 15 is 0 Å². The van der Waals surface area contributed by atoms with E-state index in [-0.39, 0.29) is 17.0 Å². The molecule has 0 saturated carbocycles. The van der Waals surface area contributed by atoms with E-state index in [0.29, 0.717) is 0 Å². The van der Waals surface area contributed by atoms with Crippen molar-refractivity contribution < 1.29 is 4.79 Å². The molecule has 88 valence electrons. The highest BCUT2D eigenvalue weighted by Gasteiger charge is 2.46. The zero-order valence-electron chi connectivity index (χ0n) is 11.1. The highest BCUT2D eigenvalue weighted by atomic mass is 16.2. The molecule has 3 heteroatoms. The molecule has 1 amide bonds. The predicted molar refractivity (Wildman–Crippen MR) is 62.8 cm³/mol. The van der Waals surface area contributed by atoms with Crippen molar-refractivity contribution in [3.05, 3.63) is 0 Å². The van der Waals surface area contributed by atoms with Gasteiger partial charge in [-0.1, -0.05) is 0 Å². The number of piperazine rings is 1. The Morgan fingerprint density at radius 1 is 1.20 bits per heavy atom. The van der Waals surface area contributed by atoms with Crippen LogP contribution in [0.1, 0.15) is 48.5 Å². The molecule has 0 bridgehead atoms. The highest BCUT2D eigenvalue weighted by molar-refractivity contribution is 5.87. The van der Waals surface area contributed by atoms with Crippen LogP contribution >= 0.6 is 0 Å². The van der Waals surface area contributed by atoms with Crippen LogP contribution in [0.25, 0.3) is 0 Å². The zero-order valence-corrected chi connectivity index (χ0v) is 11.1. The largest absolute Gasteiger partial charge is 0.334 e. The first-order valence-corrected chi connectivity index (χ1v) is 5.57. The van der Waals surface area contributed by atoms with Gasteiger partial charge in [-0.3, -0.25) is 10.1 Å². The minimum Gasteiger partial charge on any atom is -0.334 e. The van der Waals surface area contributed by atoms with Crippen molar-refractivity contribution in [3.63, 3.8) is 0 Å². The van der Waals surface area contributed by atoms with E-state index in [1.165, 1.54) is 0 Å². The molecule has 0 unspecified atom stereocenters. The van der Waals surface area contributed by atoms with Crippen LogP contribution in [0.3, 0.4) is 0 Å². The number of amides is 1. The molecular formula is C12H24N2O. The Morgan fingerprint density at radius 3 is 2.07 bits per heavy atom. The topological polar surface area (TPSA) is 32.3 Å². The van der Waals surface area contributed by atoms with Gasteiger partial charge in [-0.25, -0.2) is 0 Å². The summed E-state index contributed by atoms with van der Waals surface area (Å²) in [6.45, 7) is 15.2. The summed E-state index contributed by atoms with van der Waals surface area (Å²) < 4.78 is 0. The molecular weight excluding hydrogens is 188 g/mol. The SMILES string of the molecule is CC1(C)CN(C(C)(C)C)C(=O)C(C)(C)N1. The van der Waals surface area contributed by atoms with Gasteiger partial charge >= 0.3 is 0 Å². The van der Waals surface area contributed by atoms with Crippen molar-refractivity contribution in [3.8, 4) is 0 Å². The Kier molecular flexibility index (Phi) is 2.67. The molecule has 0 spiro atoms. The van der Waals surface area contributed by atoms with Crippen LogP contribution in [0.5, 0.6) is 0 Å². The lowest BCUT2D eigenvalue weighted by atomic mass is 9.87. The maximum absolute atomic E-state index is 12.2. The van der Waals surface area contributed by atoms with Crippen LogP contribution in [0.4, 0.5) is 0 Å². The number of carbonyl (C=O) groups is 1. The van der Waals surface area contributed by atoms with E-state index in [4.69, 9.17) is 0 Å². The first kappa shape index (κ1) is 12.5. The maximum atomic E-state index is 12.2. The third kappa shape index (κ3) is 2.51. The van der Waals surface area contributed by atoms with Crippen LogP contribution in [0, 0.1) is 0 Å². The fourth-order valence-corrected chi connectivity index (χ4v) is 2.29. The van der Waals surface area contributed by atoms with Gasteiger partial charge in [0.1, 0.15) is 0 Å². The summed E-state index contributed by atoms with van der Waals surface area (Å²) >= 11 is 0. The lowest BCUT2D eigenvalue weighted by Gasteiger charge is -2.51. The number of rotatable bonds is 0. The van der Waals surface area contributed by atoms with Crippen LogP contribution in [0.2, 0.25) is 0 Å². The predicted octanol–water partition coefficient (Wildman–Crippen LogP) is 1.77. The monoisotopic (exact) mass is 212 g/mol. The van der Waals surface area contributed by atoms with E-state index in [1.54, 1.807) is 0 Å². The summed E-state index contributed by atoms with van der Waals surface area (Å²) in [5.41, 5.74) is -0.590. The molecule has 1 N–H and O–H groups in total. The minimum absolute atomic E-state index is 0.0231. The summed E-state index contributed by atoms with van der Waals surface area (Å²) in [6.07, 6.45) is 0. The Hall–Kier alpha value is -0.570. The normalized spacial score (nSPS) is 25.5. The van der Waals surface area contributed by atoms with Crippen LogP contribution in [-0.2, 0) is 4.79 Å². The molecule has 0 aromatic rings. The Balaban J connectivity index is 3.04. The minimum atomic E-state index is -0.463. The van der Waals surface area contributed by atoms with E-state index in [0.717, 1.165) is 6.54 Å². The second kappa shape index (κ2) is 3.21. The van der Waals surface area contributed by atoms with E-state index < -0.39 is 5.54 Å². The summed E-state index contributed by atoms with van der Waals surface area (Å²) in [6, 6.07) is 0. The van der Waals surface area contributed by atoms with Crippen molar-refractivity contribution in [2.24, 2.45) is 0 Å². The fraction of sp³-hybridized carbons (Fsp3) is 0.917. The second-order valence-corrected chi connectivity index (χ2v) is 6.70. The molecule has 0 aliphatic carbocycles. The van der Waals surface area contributed by atoms with Crippen LogP contribution in [-0.4, -0.2) is 34.0 Å². The van der Waals surface area contributed by atoms with Gasteiger partial charge in [-0.2, -0.15) is 0 Å². The molecule has 0 radical (unpaired) electrons. The highest BCUT2D eigenvalue weighted by Crippen LogP contribution is 2.27. The van der Waals surface area contributed by atoms with Gasteiger partial charge in [-0.15, -0.1) is 0 Å². The van der Waals surface area contributed by atoms with Gasteiger partial charge in [0.05, 0.1) is 5.54 Å². The number of nitrogens with zero attached hydrogens (tertiary/aromatic N) is 1. The first-order valence-electron chi connectivity index (χ1n) is 5.57. The van der Waals surface area contributed by atoms with Gasteiger partial charge < -0.3 is 4.90 Å². The summed E-state index contributed by atoms with van der Waals surface area (Å²) in [4.78, 5) is 14.2. The molecule has 1 aliphatic heterocycles. The molecule has 0 atom stereocenters. The lowest BCUT2D eigenvalue weighted by Crippen LogP contribution is -2.72. The average molecular weight is 212 g/mol. The van der Waals surface area contributed by atoms with Gasteiger partial charge in [0.25, 0.3) is 0 Å². The molecule has 0 aromatic heterocycles. The second-order valence-electron chi connectivity index (χ2n) is 6.70.